The van der Waals surface area contributed by atoms with Crippen LogP contribution in [0.1, 0.15) is 24.0 Å². The molecule has 2 aliphatic rings. The molecule has 3 heteroatoms. The number of anilines is 2. The van der Waals surface area contributed by atoms with Gasteiger partial charge in [0.15, 0.2) is 0 Å². The maximum atomic E-state index is 6.48. The first-order valence-corrected chi connectivity index (χ1v) is 15.7. The Morgan fingerprint density at radius 3 is 2.16 bits per heavy atom. The molecule has 0 fully saturated rings. The van der Waals surface area contributed by atoms with Crippen molar-refractivity contribution >= 4 is 55.3 Å². The Labute approximate surface area is 254 Å². The van der Waals surface area contributed by atoms with E-state index in [1.807, 2.05) is 6.07 Å². The van der Waals surface area contributed by atoms with Crippen molar-refractivity contribution in [1.29, 1.82) is 0 Å². The van der Waals surface area contributed by atoms with E-state index >= 15 is 0 Å². The predicted octanol–water partition coefficient (Wildman–Crippen LogP) is 11.2. The van der Waals surface area contributed by atoms with Crippen LogP contribution < -0.4 is 4.90 Å². The Morgan fingerprint density at radius 2 is 1.25 bits per heavy atom. The van der Waals surface area contributed by atoms with Crippen molar-refractivity contribution in [1.82, 2.24) is 0 Å². The number of fused-ring (bicyclic) bond motifs is 11. The average Bonchev–Trinajstić information content (AvgIpc) is 3.65. The molecule has 0 aliphatic carbocycles. The molecule has 0 radical (unpaired) electrons. The maximum absolute atomic E-state index is 6.48. The first kappa shape index (κ1) is 24.2. The van der Waals surface area contributed by atoms with E-state index < -0.39 is 0 Å². The van der Waals surface area contributed by atoms with Crippen molar-refractivity contribution in [3.05, 3.63) is 132 Å². The number of rotatable bonds is 2. The Balaban J connectivity index is 1.13. The van der Waals surface area contributed by atoms with Gasteiger partial charge in [0, 0.05) is 44.5 Å². The normalized spacial score (nSPS) is 16.0. The zero-order chi connectivity index (χ0) is 28.8. The third kappa shape index (κ3) is 3.44. The van der Waals surface area contributed by atoms with Crippen LogP contribution in [0.3, 0.4) is 0 Å². The van der Waals surface area contributed by atoms with Crippen molar-refractivity contribution in [3.8, 4) is 22.3 Å². The summed E-state index contributed by atoms with van der Waals surface area (Å²) in [6, 6.07) is 44.2. The molecule has 3 nitrogen and oxygen atoms in total. The zero-order valence-electron chi connectivity index (χ0n) is 24.2. The highest BCUT2D eigenvalue weighted by Gasteiger charge is 2.33. The third-order valence-corrected chi connectivity index (χ3v) is 9.95. The Kier molecular flexibility index (Phi) is 5.01. The molecule has 0 spiro atoms. The molecule has 0 amide bonds. The lowest BCUT2D eigenvalue weighted by Gasteiger charge is -2.43. The van der Waals surface area contributed by atoms with E-state index in [1.54, 1.807) is 0 Å². The van der Waals surface area contributed by atoms with Crippen molar-refractivity contribution in [2.75, 3.05) is 4.90 Å². The molecule has 2 aliphatic heterocycles. The molecule has 8 aromatic rings. The van der Waals surface area contributed by atoms with E-state index in [9.17, 15) is 0 Å². The van der Waals surface area contributed by atoms with Gasteiger partial charge < -0.3 is 13.7 Å². The van der Waals surface area contributed by atoms with E-state index in [0.29, 0.717) is 6.04 Å². The fraction of sp³-hybridized carbons (Fsp3) is 0.122. The predicted molar refractivity (Wildman–Crippen MR) is 181 cm³/mol. The zero-order valence-corrected chi connectivity index (χ0v) is 24.2. The second-order valence-electron chi connectivity index (χ2n) is 12.3. The molecule has 1 unspecified atom stereocenters. The van der Waals surface area contributed by atoms with Crippen molar-refractivity contribution in [2.45, 2.75) is 31.7 Å². The summed E-state index contributed by atoms with van der Waals surface area (Å²) >= 11 is 0. The minimum Gasteiger partial charge on any atom is -0.456 e. The second kappa shape index (κ2) is 9.11. The number of aryl methyl sites for hydroxylation is 2. The van der Waals surface area contributed by atoms with Gasteiger partial charge in [-0.05, 0) is 89.9 Å². The highest BCUT2D eigenvalue weighted by Crippen LogP contribution is 2.48. The van der Waals surface area contributed by atoms with Gasteiger partial charge in [-0.15, -0.1) is 0 Å². The van der Waals surface area contributed by atoms with Gasteiger partial charge in [-0.1, -0.05) is 84.9 Å². The molecule has 10 rings (SSSR count). The molecule has 6 aromatic carbocycles. The monoisotopic (exact) mass is 567 g/mol. The largest absolute Gasteiger partial charge is 0.456 e. The van der Waals surface area contributed by atoms with Crippen LogP contribution in [-0.2, 0) is 12.8 Å². The van der Waals surface area contributed by atoms with Crippen LogP contribution in [0.4, 0.5) is 11.4 Å². The van der Waals surface area contributed by atoms with E-state index in [1.165, 1.54) is 60.7 Å². The quantitative estimate of drug-likeness (QED) is 0.208. The summed E-state index contributed by atoms with van der Waals surface area (Å²) < 4.78 is 12.9. The SMILES string of the molecule is c1ccc(-c2cccc3oc4cc5c(cc4c23)N2c3ccc(-c4cccc6c4oc4ccccc46)cc3CCC2CC5)cc1. The average molecular weight is 568 g/mol. The molecule has 44 heavy (non-hydrogen) atoms. The molecule has 4 heterocycles. The van der Waals surface area contributed by atoms with Gasteiger partial charge >= 0.3 is 0 Å². The van der Waals surface area contributed by atoms with Gasteiger partial charge in [-0.3, -0.25) is 0 Å². The van der Waals surface area contributed by atoms with E-state index in [4.69, 9.17) is 8.83 Å². The molecule has 0 saturated heterocycles. The number of hydrogen-bond acceptors (Lipinski definition) is 3. The van der Waals surface area contributed by atoms with E-state index in [-0.39, 0.29) is 0 Å². The minimum atomic E-state index is 0.504. The number of hydrogen-bond donors (Lipinski definition) is 0. The summed E-state index contributed by atoms with van der Waals surface area (Å²) in [5, 5.41) is 4.74. The molecular formula is C41H29NO2. The lowest BCUT2D eigenvalue weighted by Crippen LogP contribution is -2.39. The molecular weight excluding hydrogens is 538 g/mol. The van der Waals surface area contributed by atoms with Crippen LogP contribution in [0, 0.1) is 0 Å². The smallest absolute Gasteiger partial charge is 0.143 e. The summed E-state index contributed by atoms with van der Waals surface area (Å²) in [6.07, 6.45) is 4.49. The summed E-state index contributed by atoms with van der Waals surface area (Å²) in [7, 11) is 0. The molecule has 0 saturated carbocycles. The van der Waals surface area contributed by atoms with E-state index in [0.717, 1.165) is 53.6 Å². The maximum Gasteiger partial charge on any atom is 0.143 e. The second-order valence-corrected chi connectivity index (χ2v) is 12.3. The van der Waals surface area contributed by atoms with Gasteiger partial charge in [-0.2, -0.15) is 0 Å². The van der Waals surface area contributed by atoms with Crippen molar-refractivity contribution in [3.63, 3.8) is 0 Å². The summed E-state index contributed by atoms with van der Waals surface area (Å²) in [5.74, 6) is 0. The molecule has 0 N–H and O–H groups in total. The van der Waals surface area contributed by atoms with Crippen LogP contribution in [0.2, 0.25) is 0 Å². The first-order valence-electron chi connectivity index (χ1n) is 15.7. The Morgan fingerprint density at radius 1 is 0.500 bits per heavy atom. The number of nitrogens with zero attached hydrogens (tertiary/aromatic N) is 1. The van der Waals surface area contributed by atoms with Crippen LogP contribution >= 0.6 is 0 Å². The molecule has 2 aromatic heterocycles. The van der Waals surface area contributed by atoms with Crippen LogP contribution in [0.25, 0.3) is 66.1 Å². The van der Waals surface area contributed by atoms with Gasteiger partial charge in [-0.25, -0.2) is 0 Å². The number of benzene rings is 6. The fourth-order valence-electron chi connectivity index (χ4n) is 7.92. The van der Waals surface area contributed by atoms with E-state index in [2.05, 4.69) is 120 Å². The fourth-order valence-corrected chi connectivity index (χ4v) is 7.92. The summed E-state index contributed by atoms with van der Waals surface area (Å²) in [4.78, 5) is 2.63. The van der Waals surface area contributed by atoms with Gasteiger partial charge in [0.1, 0.15) is 22.3 Å². The van der Waals surface area contributed by atoms with Gasteiger partial charge in [0.2, 0.25) is 0 Å². The third-order valence-electron chi connectivity index (χ3n) is 9.95. The van der Waals surface area contributed by atoms with Gasteiger partial charge in [0.05, 0.1) is 0 Å². The molecule has 1 atom stereocenters. The topological polar surface area (TPSA) is 29.5 Å². The minimum absolute atomic E-state index is 0.504. The first-order chi connectivity index (χ1) is 21.8. The number of furan rings is 2. The van der Waals surface area contributed by atoms with Crippen LogP contribution in [-0.4, -0.2) is 6.04 Å². The summed E-state index contributed by atoms with van der Waals surface area (Å²) in [5.41, 5.74) is 14.1. The van der Waals surface area contributed by atoms with Crippen LogP contribution in [0.5, 0.6) is 0 Å². The van der Waals surface area contributed by atoms with Crippen LogP contribution in [0.15, 0.2) is 130 Å². The van der Waals surface area contributed by atoms with Crippen molar-refractivity contribution < 1.29 is 8.83 Å². The Hall–Kier alpha value is -5.28. The molecule has 0 bridgehead atoms. The summed E-state index contributed by atoms with van der Waals surface area (Å²) in [6.45, 7) is 0. The van der Waals surface area contributed by atoms with Gasteiger partial charge in [0.25, 0.3) is 0 Å². The lowest BCUT2D eigenvalue weighted by molar-refractivity contribution is 0.518. The van der Waals surface area contributed by atoms with Crippen molar-refractivity contribution in [2.24, 2.45) is 0 Å². The Bertz CT molecular complexity index is 2410. The highest BCUT2D eigenvalue weighted by atomic mass is 16.3. The molecule has 210 valence electrons. The standard InChI is InChI=1S/C41H29NO2/c1-2-8-25(9-3-1)30-11-7-15-38-40(30)34-24-36-28(23-39(34)43-38)17-20-29-19-16-27-22-26(18-21-35(27)42(29)36)31-12-6-13-33-32-10-4-5-14-37(32)44-41(31)33/h1-15,18,21-24,29H,16-17,19-20H2. The lowest BCUT2D eigenvalue weighted by atomic mass is 9.85. The highest BCUT2D eigenvalue weighted by molar-refractivity contribution is 6.14. The number of para-hydroxylation sites is 2.